The lowest BCUT2D eigenvalue weighted by Gasteiger charge is -2.24. The van der Waals surface area contributed by atoms with E-state index >= 15 is 0 Å². The quantitative estimate of drug-likeness (QED) is 0.342. The molecular weight excluding hydrogens is 424 g/mol. The number of nitrogens with one attached hydrogen (secondary N) is 1. The molecule has 0 atom stereocenters. The topological polar surface area (TPSA) is 87.8 Å². The Morgan fingerprint density at radius 2 is 2.07 bits per heavy atom. The molecule has 0 fully saturated rings. The van der Waals surface area contributed by atoms with Gasteiger partial charge in [-0.05, 0) is 37.6 Å². The van der Waals surface area contributed by atoms with Crippen molar-refractivity contribution in [3.63, 3.8) is 0 Å². The summed E-state index contributed by atoms with van der Waals surface area (Å²) >= 11 is 3.32. The molecule has 2 aromatic carbocycles. The minimum Gasteiger partial charge on any atom is -0.371 e. The van der Waals surface area contributed by atoms with Gasteiger partial charge in [-0.2, -0.15) is 5.10 Å². The molecule has 0 aliphatic carbocycles. The third kappa shape index (κ3) is 5.88. The fourth-order valence-corrected chi connectivity index (χ4v) is 3.10. The van der Waals surface area contributed by atoms with E-state index in [1.54, 1.807) is 24.3 Å². The van der Waals surface area contributed by atoms with Crippen molar-refractivity contribution in [2.75, 3.05) is 18.0 Å². The molecule has 8 heteroatoms. The predicted molar refractivity (Wildman–Crippen MR) is 115 cm³/mol. The number of unbranched alkanes of at least 4 members (excludes halogenated alkanes) is 1. The van der Waals surface area contributed by atoms with Crippen LogP contribution in [0.5, 0.6) is 0 Å². The van der Waals surface area contributed by atoms with Crippen molar-refractivity contribution in [2.45, 2.75) is 26.7 Å². The summed E-state index contributed by atoms with van der Waals surface area (Å²) < 4.78 is 0.791. The first-order valence-electron chi connectivity index (χ1n) is 9.08. The van der Waals surface area contributed by atoms with Gasteiger partial charge < -0.3 is 4.90 Å². The summed E-state index contributed by atoms with van der Waals surface area (Å²) in [7, 11) is 0. The van der Waals surface area contributed by atoms with Crippen LogP contribution in [0.15, 0.2) is 52.0 Å². The van der Waals surface area contributed by atoms with E-state index in [0.29, 0.717) is 11.1 Å². The molecule has 1 N–H and O–H groups in total. The lowest BCUT2D eigenvalue weighted by Crippen LogP contribution is -2.25. The molecule has 0 spiro atoms. The van der Waals surface area contributed by atoms with E-state index in [0.717, 1.165) is 36.1 Å². The zero-order valence-electron chi connectivity index (χ0n) is 15.9. The Morgan fingerprint density at radius 3 is 2.71 bits per heavy atom. The van der Waals surface area contributed by atoms with Gasteiger partial charge in [0.05, 0.1) is 11.1 Å². The molecule has 0 aromatic heterocycles. The van der Waals surface area contributed by atoms with Gasteiger partial charge >= 0.3 is 0 Å². The summed E-state index contributed by atoms with van der Waals surface area (Å²) in [5.74, 6) is -0.358. The lowest BCUT2D eigenvalue weighted by atomic mass is 10.1. The molecule has 148 valence electrons. The van der Waals surface area contributed by atoms with Gasteiger partial charge in [0, 0.05) is 46.5 Å². The summed E-state index contributed by atoms with van der Waals surface area (Å²) in [6, 6.07) is 11.6. The molecule has 2 aromatic rings. The Hall–Kier alpha value is -2.74. The number of nitro groups is 1. The van der Waals surface area contributed by atoms with Crippen molar-refractivity contribution >= 4 is 39.4 Å². The van der Waals surface area contributed by atoms with E-state index in [9.17, 15) is 14.9 Å². The summed E-state index contributed by atoms with van der Waals surface area (Å²) in [6.45, 7) is 5.76. The minimum atomic E-state index is -0.441. The van der Waals surface area contributed by atoms with E-state index < -0.39 is 4.92 Å². The molecular formula is C20H23BrN4O3. The van der Waals surface area contributed by atoms with E-state index in [2.05, 4.69) is 38.3 Å². The number of rotatable bonds is 9. The van der Waals surface area contributed by atoms with Crippen LogP contribution in [-0.2, 0) is 0 Å². The van der Waals surface area contributed by atoms with Crippen LogP contribution in [0, 0.1) is 10.1 Å². The van der Waals surface area contributed by atoms with E-state index in [-0.39, 0.29) is 11.6 Å². The normalized spacial score (nSPS) is 10.8. The molecule has 1 amide bonds. The number of benzene rings is 2. The Balaban J connectivity index is 2.25. The number of carbonyl (C=O) groups is 1. The highest BCUT2D eigenvalue weighted by molar-refractivity contribution is 9.10. The fraction of sp³-hybridized carbons (Fsp3) is 0.300. The van der Waals surface area contributed by atoms with Gasteiger partial charge in [0.2, 0.25) is 0 Å². The van der Waals surface area contributed by atoms with E-state index in [1.165, 1.54) is 18.3 Å². The number of amides is 1. The number of halogens is 1. The second kappa shape index (κ2) is 10.6. The molecule has 0 heterocycles. The van der Waals surface area contributed by atoms with Crippen LogP contribution in [0.4, 0.5) is 11.4 Å². The summed E-state index contributed by atoms with van der Waals surface area (Å²) in [5, 5.41) is 15.2. The average Bonchev–Trinajstić information content (AvgIpc) is 2.69. The van der Waals surface area contributed by atoms with Crippen LogP contribution in [0.1, 0.15) is 42.6 Å². The van der Waals surface area contributed by atoms with E-state index in [4.69, 9.17) is 0 Å². The predicted octanol–water partition coefficient (Wildman–Crippen LogP) is 4.75. The van der Waals surface area contributed by atoms with Crippen molar-refractivity contribution in [3.05, 3.63) is 68.2 Å². The molecule has 0 aliphatic rings. The molecule has 0 bridgehead atoms. The van der Waals surface area contributed by atoms with Crippen LogP contribution in [-0.4, -0.2) is 30.1 Å². The third-order valence-electron chi connectivity index (χ3n) is 4.18. The maximum absolute atomic E-state index is 12.2. The van der Waals surface area contributed by atoms with Crippen molar-refractivity contribution in [1.29, 1.82) is 0 Å². The summed E-state index contributed by atoms with van der Waals surface area (Å²) in [6.07, 6.45) is 3.52. The van der Waals surface area contributed by atoms with Crippen molar-refractivity contribution in [1.82, 2.24) is 5.43 Å². The summed E-state index contributed by atoms with van der Waals surface area (Å²) in [4.78, 5) is 25.1. The third-order valence-corrected chi connectivity index (χ3v) is 4.68. The highest BCUT2D eigenvalue weighted by Crippen LogP contribution is 2.24. The molecule has 0 saturated carbocycles. The maximum Gasteiger partial charge on any atom is 0.271 e. The number of non-ortho nitro benzene ring substituents is 1. The van der Waals surface area contributed by atoms with Gasteiger partial charge in [-0.3, -0.25) is 14.9 Å². The van der Waals surface area contributed by atoms with Crippen LogP contribution in [0.2, 0.25) is 0 Å². The number of nitro benzene ring substituents is 1. The Bertz CT molecular complexity index is 870. The van der Waals surface area contributed by atoms with E-state index in [1.807, 2.05) is 13.0 Å². The zero-order valence-corrected chi connectivity index (χ0v) is 17.5. The largest absolute Gasteiger partial charge is 0.371 e. The van der Waals surface area contributed by atoms with Gasteiger partial charge in [-0.15, -0.1) is 0 Å². The standard InChI is InChI=1S/C20H23BrN4O3/c1-3-5-11-24(4-2)19-10-9-18(25(27)28)13-16(19)14-22-23-20(26)15-7-6-8-17(21)12-15/h6-10,12-14H,3-5,11H2,1-2H3,(H,23,26). The zero-order chi connectivity index (χ0) is 20.5. The smallest absolute Gasteiger partial charge is 0.271 e. The maximum atomic E-state index is 12.2. The molecule has 2 rings (SSSR count). The first-order valence-corrected chi connectivity index (χ1v) is 9.88. The number of nitrogens with zero attached hydrogens (tertiary/aromatic N) is 3. The highest BCUT2D eigenvalue weighted by Gasteiger charge is 2.14. The van der Waals surface area contributed by atoms with Gasteiger partial charge in [0.1, 0.15) is 0 Å². The molecule has 0 aliphatic heterocycles. The SMILES string of the molecule is CCCCN(CC)c1ccc([N+](=O)[O-])cc1C=NNC(=O)c1cccc(Br)c1. The van der Waals surface area contributed by atoms with Crippen LogP contribution in [0.3, 0.4) is 0 Å². The first kappa shape index (κ1) is 21.6. The molecule has 7 nitrogen and oxygen atoms in total. The van der Waals surface area contributed by atoms with Crippen LogP contribution < -0.4 is 10.3 Å². The molecule has 28 heavy (non-hydrogen) atoms. The molecule has 0 saturated heterocycles. The second-order valence-electron chi connectivity index (χ2n) is 6.14. The lowest BCUT2D eigenvalue weighted by molar-refractivity contribution is -0.384. The number of carbonyl (C=O) groups excluding carboxylic acids is 1. The highest BCUT2D eigenvalue weighted by atomic mass is 79.9. The number of hydrogen-bond donors (Lipinski definition) is 1. The van der Waals surface area contributed by atoms with Crippen LogP contribution in [0.25, 0.3) is 0 Å². The summed E-state index contributed by atoms with van der Waals surface area (Å²) in [5.41, 5.74) is 4.35. The van der Waals surface area contributed by atoms with Gasteiger partial charge in [-0.1, -0.05) is 35.3 Å². The Kier molecular flexibility index (Phi) is 8.13. The Morgan fingerprint density at radius 1 is 1.29 bits per heavy atom. The van der Waals surface area contributed by atoms with Crippen molar-refractivity contribution < 1.29 is 9.72 Å². The monoisotopic (exact) mass is 446 g/mol. The van der Waals surface area contributed by atoms with Crippen LogP contribution >= 0.6 is 15.9 Å². The van der Waals surface area contributed by atoms with Gasteiger partial charge in [0.15, 0.2) is 0 Å². The first-order chi connectivity index (χ1) is 13.5. The van der Waals surface area contributed by atoms with Gasteiger partial charge in [-0.25, -0.2) is 5.43 Å². The second-order valence-corrected chi connectivity index (χ2v) is 7.06. The average molecular weight is 447 g/mol. The van der Waals surface area contributed by atoms with Crippen molar-refractivity contribution in [3.8, 4) is 0 Å². The fourth-order valence-electron chi connectivity index (χ4n) is 2.70. The van der Waals surface area contributed by atoms with Crippen molar-refractivity contribution in [2.24, 2.45) is 5.10 Å². The molecule has 0 unspecified atom stereocenters. The molecule has 0 radical (unpaired) electrons. The van der Waals surface area contributed by atoms with Gasteiger partial charge in [0.25, 0.3) is 11.6 Å². The number of anilines is 1. The number of hydrogen-bond acceptors (Lipinski definition) is 5. The number of hydrazone groups is 1. The Labute approximate surface area is 172 Å². The minimum absolute atomic E-state index is 0.0185.